The second-order valence-electron chi connectivity index (χ2n) is 5.01. The lowest BCUT2D eigenvalue weighted by Gasteiger charge is -1.97. The van der Waals surface area contributed by atoms with Crippen molar-refractivity contribution in [3.8, 4) is 5.95 Å². The number of rotatable bonds is 2. The fourth-order valence-corrected chi connectivity index (χ4v) is 2.20. The van der Waals surface area contributed by atoms with E-state index >= 15 is 0 Å². The third kappa shape index (κ3) is 2.09. The van der Waals surface area contributed by atoms with Crippen molar-refractivity contribution < 1.29 is 13.9 Å². The van der Waals surface area contributed by atoms with Gasteiger partial charge in [-0.2, -0.15) is 0 Å². The Labute approximate surface area is 114 Å². The summed E-state index contributed by atoms with van der Waals surface area (Å²) < 4.78 is 10.5. The van der Waals surface area contributed by atoms with Gasteiger partial charge in [0, 0.05) is 28.5 Å². The summed E-state index contributed by atoms with van der Waals surface area (Å²) in [4.78, 5) is 11.2. The van der Waals surface area contributed by atoms with E-state index in [1.807, 2.05) is 26.0 Å². The molecular weight excluding hydrogens is 256 g/mol. The second-order valence-corrected chi connectivity index (χ2v) is 5.01. The molecule has 0 atom stereocenters. The zero-order valence-corrected chi connectivity index (χ0v) is 11.3. The van der Waals surface area contributed by atoms with E-state index in [4.69, 9.17) is 8.83 Å². The average Bonchev–Trinajstić information content (AvgIpc) is 2.68. The van der Waals surface area contributed by atoms with Crippen molar-refractivity contribution in [3.63, 3.8) is 0 Å². The number of benzene rings is 1. The van der Waals surface area contributed by atoms with Crippen LogP contribution >= 0.6 is 0 Å². The minimum Gasteiger partial charge on any atom is -0.480 e. The lowest BCUT2D eigenvalue weighted by atomic mass is 10.1. The van der Waals surface area contributed by atoms with Crippen molar-refractivity contribution in [3.05, 3.63) is 51.9 Å². The molecule has 1 aromatic carbocycles. The van der Waals surface area contributed by atoms with E-state index in [0.717, 1.165) is 16.3 Å². The molecule has 0 aliphatic rings. The summed E-state index contributed by atoms with van der Waals surface area (Å²) in [6.45, 7) is 4.01. The average molecular weight is 270 g/mol. The minimum absolute atomic E-state index is 0.0878. The largest absolute Gasteiger partial charge is 0.480 e. The maximum Gasteiger partial charge on any atom is 0.336 e. The van der Waals surface area contributed by atoms with Crippen LogP contribution in [0.4, 0.5) is 0 Å². The highest BCUT2D eigenvalue weighted by Gasteiger charge is 2.14. The lowest BCUT2D eigenvalue weighted by Crippen LogP contribution is -1.93. The van der Waals surface area contributed by atoms with Crippen LogP contribution in [0.15, 0.2) is 49.5 Å². The molecule has 20 heavy (non-hydrogen) atoms. The third-order valence-corrected chi connectivity index (χ3v) is 3.23. The van der Waals surface area contributed by atoms with E-state index in [9.17, 15) is 9.90 Å². The first-order valence-electron chi connectivity index (χ1n) is 6.36. The quantitative estimate of drug-likeness (QED) is 0.569. The molecule has 102 valence electrons. The monoisotopic (exact) mass is 270 g/mol. The summed E-state index contributed by atoms with van der Waals surface area (Å²) >= 11 is 0. The fourth-order valence-electron chi connectivity index (χ4n) is 2.20. The summed E-state index contributed by atoms with van der Waals surface area (Å²) in [6.07, 6.45) is 2.63. The van der Waals surface area contributed by atoms with Crippen LogP contribution in [0.5, 0.6) is 5.95 Å². The molecule has 0 amide bonds. The number of hydrogen-bond donors (Lipinski definition) is 1. The van der Waals surface area contributed by atoms with Crippen LogP contribution in [0.25, 0.3) is 21.9 Å². The Morgan fingerprint density at radius 1 is 1.20 bits per heavy atom. The van der Waals surface area contributed by atoms with Gasteiger partial charge in [0.2, 0.25) is 0 Å². The molecule has 0 saturated heterocycles. The van der Waals surface area contributed by atoms with Crippen molar-refractivity contribution in [2.75, 3.05) is 0 Å². The molecule has 0 radical (unpaired) electrons. The van der Waals surface area contributed by atoms with E-state index in [0.29, 0.717) is 17.6 Å². The summed E-state index contributed by atoms with van der Waals surface area (Å²) in [7, 11) is 0. The van der Waals surface area contributed by atoms with E-state index in [1.165, 1.54) is 11.6 Å². The Kier molecular flexibility index (Phi) is 2.86. The SMILES string of the molecule is CC(C)=CCc1c(O)oc2cc3oc(=O)ccc3cc12. The smallest absolute Gasteiger partial charge is 0.336 e. The van der Waals surface area contributed by atoms with Crippen molar-refractivity contribution in [2.45, 2.75) is 20.3 Å². The molecule has 0 spiro atoms. The molecule has 2 aromatic heterocycles. The Morgan fingerprint density at radius 3 is 2.75 bits per heavy atom. The van der Waals surface area contributed by atoms with Crippen LogP contribution in [-0.4, -0.2) is 5.11 Å². The van der Waals surface area contributed by atoms with Gasteiger partial charge < -0.3 is 13.9 Å². The van der Waals surface area contributed by atoms with Gasteiger partial charge in [-0.1, -0.05) is 11.6 Å². The molecule has 1 N–H and O–H groups in total. The standard InChI is InChI=1S/C16H14O4/c1-9(2)3-5-11-12-7-10-4-6-15(17)19-13(10)8-14(12)20-16(11)18/h3-4,6-8,18H,5H2,1-2H3. The number of hydrogen-bond acceptors (Lipinski definition) is 4. The highest BCUT2D eigenvalue weighted by molar-refractivity contribution is 5.95. The van der Waals surface area contributed by atoms with Crippen LogP contribution in [0.2, 0.25) is 0 Å². The molecule has 0 unspecified atom stereocenters. The molecule has 3 aromatic rings. The normalized spacial score (nSPS) is 11.1. The number of fused-ring (bicyclic) bond motifs is 2. The van der Waals surface area contributed by atoms with Crippen molar-refractivity contribution in [1.82, 2.24) is 0 Å². The van der Waals surface area contributed by atoms with E-state index in [-0.39, 0.29) is 5.95 Å². The minimum atomic E-state index is -0.405. The number of aromatic hydroxyl groups is 1. The molecule has 0 saturated carbocycles. The predicted octanol–water partition coefficient (Wildman–Crippen LogP) is 3.75. The molecule has 3 rings (SSSR count). The first kappa shape index (κ1) is 12.5. The Balaban J connectivity index is 2.26. The highest BCUT2D eigenvalue weighted by atomic mass is 16.5. The summed E-state index contributed by atoms with van der Waals surface area (Å²) in [6, 6.07) is 6.59. The molecule has 0 aliphatic carbocycles. The van der Waals surface area contributed by atoms with Crippen molar-refractivity contribution >= 4 is 21.9 Å². The van der Waals surface area contributed by atoms with Crippen molar-refractivity contribution in [2.24, 2.45) is 0 Å². The molecule has 0 fully saturated rings. The van der Waals surface area contributed by atoms with Crippen LogP contribution in [0.3, 0.4) is 0 Å². The van der Waals surface area contributed by atoms with Gasteiger partial charge in [0.15, 0.2) is 0 Å². The van der Waals surface area contributed by atoms with Gasteiger partial charge in [-0.05, 0) is 32.4 Å². The maximum absolute atomic E-state index is 11.2. The topological polar surface area (TPSA) is 63.6 Å². The van der Waals surface area contributed by atoms with Gasteiger partial charge >= 0.3 is 5.63 Å². The molecule has 2 heterocycles. The van der Waals surface area contributed by atoms with Crippen LogP contribution in [-0.2, 0) is 6.42 Å². The molecular formula is C16H14O4. The number of furan rings is 1. The van der Waals surface area contributed by atoms with Crippen LogP contribution in [0.1, 0.15) is 19.4 Å². The van der Waals surface area contributed by atoms with Gasteiger partial charge in [0.05, 0.1) is 0 Å². The van der Waals surface area contributed by atoms with Crippen molar-refractivity contribution in [1.29, 1.82) is 0 Å². The third-order valence-electron chi connectivity index (χ3n) is 3.23. The van der Waals surface area contributed by atoms with Crippen LogP contribution in [0, 0.1) is 0 Å². The van der Waals surface area contributed by atoms with E-state index in [2.05, 4.69) is 0 Å². The molecule has 4 nitrogen and oxygen atoms in total. The molecule has 0 bridgehead atoms. The Bertz CT molecular complexity index is 877. The Morgan fingerprint density at radius 2 is 2.00 bits per heavy atom. The van der Waals surface area contributed by atoms with E-state index in [1.54, 1.807) is 12.1 Å². The zero-order valence-electron chi connectivity index (χ0n) is 11.3. The molecule has 4 heteroatoms. The summed E-state index contributed by atoms with van der Waals surface area (Å²) in [5.74, 6) is -0.0878. The molecule has 0 aliphatic heterocycles. The first-order valence-corrected chi connectivity index (χ1v) is 6.36. The summed E-state index contributed by atoms with van der Waals surface area (Å²) in [5.41, 5.74) is 2.48. The van der Waals surface area contributed by atoms with Gasteiger partial charge in [-0.15, -0.1) is 0 Å². The number of allylic oxidation sites excluding steroid dienone is 2. The van der Waals surface area contributed by atoms with E-state index < -0.39 is 5.63 Å². The highest BCUT2D eigenvalue weighted by Crippen LogP contribution is 2.34. The first-order chi connectivity index (χ1) is 9.54. The fraction of sp³-hybridized carbons (Fsp3) is 0.188. The second kappa shape index (κ2) is 4.56. The predicted molar refractivity (Wildman–Crippen MR) is 77.1 cm³/mol. The van der Waals surface area contributed by atoms with Crippen LogP contribution < -0.4 is 5.63 Å². The Hall–Kier alpha value is -2.49. The lowest BCUT2D eigenvalue weighted by molar-refractivity contribution is 0.342. The van der Waals surface area contributed by atoms with Gasteiger partial charge in [-0.25, -0.2) is 4.79 Å². The maximum atomic E-state index is 11.2. The van der Waals surface area contributed by atoms with Gasteiger partial charge in [-0.3, -0.25) is 0 Å². The van der Waals surface area contributed by atoms with Gasteiger partial charge in [0.25, 0.3) is 5.95 Å². The zero-order chi connectivity index (χ0) is 14.3. The van der Waals surface area contributed by atoms with Gasteiger partial charge in [0.1, 0.15) is 11.2 Å². The summed E-state index contributed by atoms with van der Waals surface area (Å²) in [5, 5.41) is 11.6.